The summed E-state index contributed by atoms with van der Waals surface area (Å²) < 4.78 is 0. The maximum absolute atomic E-state index is 4.74. The van der Waals surface area contributed by atoms with Crippen molar-refractivity contribution in [2.75, 3.05) is 13.1 Å². The van der Waals surface area contributed by atoms with Crippen LogP contribution in [0, 0.1) is 13.8 Å². The Morgan fingerprint density at radius 3 is 2.57 bits per heavy atom. The van der Waals surface area contributed by atoms with Crippen LogP contribution >= 0.6 is 46.7 Å². The number of aryl methyl sites for hydroxylation is 2. The summed E-state index contributed by atoms with van der Waals surface area (Å²) in [6.07, 6.45) is 2.83. The third-order valence-electron chi connectivity index (χ3n) is 3.94. The fourth-order valence-corrected chi connectivity index (χ4v) is 4.36. The second-order valence-electron chi connectivity index (χ2n) is 6.13. The van der Waals surface area contributed by atoms with E-state index in [1.165, 1.54) is 9.75 Å². The molecular formula is C20H26IN5S2. The quantitative estimate of drug-likeness (QED) is 0.263. The molecule has 3 aromatic rings. The Morgan fingerprint density at radius 2 is 1.89 bits per heavy atom. The Bertz CT molecular complexity index is 889. The van der Waals surface area contributed by atoms with Gasteiger partial charge in [-0.3, -0.25) is 0 Å². The second-order valence-corrected chi connectivity index (χ2v) is 8.53. The van der Waals surface area contributed by atoms with Gasteiger partial charge < -0.3 is 10.6 Å². The molecule has 2 heterocycles. The zero-order valence-electron chi connectivity index (χ0n) is 16.4. The fraction of sp³-hybridized carbons (Fsp3) is 0.350. The largest absolute Gasteiger partial charge is 0.357 e. The molecule has 150 valence electrons. The summed E-state index contributed by atoms with van der Waals surface area (Å²) in [6.45, 7) is 8.49. The first-order valence-electron chi connectivity index (χ1n) is 9.11. The van der Waals surface area contributed by atoms with Crippen molar-refractivity contribution in [3.8, 4) is 10.6 Å². The molecule has 3 rings (SSSR count). The third kappa shape index (κ3) is 6.52. The maximum Gasteiger partial charge on any atom is 0.191 e. The van der Waals surface area contributed by atoms with Crippen LogP contribution in [0.25, 0.3) is 10.6 Å². The van der Waals surface area contributed by atoms with Crippen LogP contribution in [0.15, 0.2) is 41.5 Å². The maximum atomic E-state index is 4.74. The number of aromatic nitrogens is 2. The number of rotatable bonds is 7. The Balaban J connectivity index is 0.00000280. The van der Waals surface area contributed by atoms with Gasteiger partial charge in [0.05, 0.1) is 17.2 Å². The van der Waals surface area contributed by atoms with Crippen LogP contribution in [-0.2, 0) is 13.0 Å². The van der Waals surface area contributed by atoms with E-state index >= 15 is 0 Å². The normalized spacial score (nSPS) is 11.2. The first-order valence-corrected chi connectivity index (χ1v) is 10.7. The van der Waals surface area contributed by atoms with Gasteiger partial charge >= 0.3 is 0 Å². The van der Waals surface area contributed by atoms with Crippen molar-refractivity contribution < 1.29 is 0 Å². The van der Waals surface area contributed by atoms with E-state index in [2.05, 4.69) is 48.5 Å². The molecule has 1 aromatic carbocycles. The Kier molecular flexibility index (Phi) is 9.33. The zero-order chi connectivity index (χ0) is 19.1. The highest BCUT2D eigenvalue weighted by molar-refractivity contribution is 14.0. The molecule has 0 radical (unpaired) electrons. The van der Waals surface area contributed by atoms with Gasteiger partial charge in [0, 0.05) is 41.0 Å². The van der Waals surface area contributed by atoms with E-state index in [4.69, 9.17) is 9.98 Å². The van der Waals surface area contributed by atoms with Crippen LogP contribution < -0.4 is 10.6 Å². The van der Waals surface area contributed by atoms with Crippen LogP contribution in [0.4, 0.5) is 0 Å². The predicted molar refractivity (Wildman–Crippen MR) is 131 cm³/mol. The molecule has 0 saturated carbocycles. The standard InChI is InChI=1S/C20H25N5S2.HI/c1-4-21-20(22-11-10-18-23-12-14(2)26-18)24-13-17-15(3)25-19(27-17)16-8-6-5-7-9-16;/h5-9,12H,4,10-11,13H2,1-3H3,(H2,21,22,24);1H. The minimum Gasteiger partial charge on any atom is -0.357 e. The van der Waals surface area contributed by atoms with E-state index in [9.17, 15) is 0 Å². The van der Waals surface area contributed by atoms with Gasteiger partial charge in [-0.1, -0.05) is 30.3 Å². The minimum atomic E-state index is 0. The van der Waals surface area contributed by atoms with Gasteiger partial charge in [-0.25, -0.2) is 15.0 Å². The van der Waals surface area contributed by atoms with Crippen LogP contribution in [0.2, 0.25) is 0 Å². The highest BCUT2D eigenvalue weighted by atomic mass is 127. The topological polar surface area (TPSA) is 62.2 Å². The second kappa shape index (κ2) is 11.5. The van der Waals surface area contributed by atoms with E-state index in [1.807, 2.05) is 24.4 Å². The third-order valence-corrected chi connectivity index (χ3v) is 6.10. The van der Waals surface area contributed by atoms with Crippen molar-refractivity contribution in [2.24, 2.45) is 4.99 Å². The molecule has 0 bridgehead atoms. The molecule has 0 amide bonds. The summed E-state index contributed by atoms with van der Waals surface area (Å²) in [4.78, 5) is 16.3. The van der Waals surface area contributed by atoms with E-state index in [1.54, 1.807) is 22.7 Å². The van der Waals surface area contributed by atoms with E-state index in [0.717, 1.165) is 46.7 Å². The number of nitrogens with zero attached hydrogens (tertiary/aromatic N) is 3. The monoisotopic (exact) mass is 527 g/mol. The van der Waals surface area contributed by atoms with Gasteiger partial charge in [0.1, 0.15) is 5.01 Å². The van der Waals surface area contributed by atoms with Gasteiger partial charge in [-0.05, 0) is 20.8 Å². The van der Waals surface area contributed by atoms with Gasteiger partial charge in [0.25, 0.3) is 0 Å². The first kappa shape index (κ1) is 22.8. The van der Waals surface area contributed by atoms with Crippen molar-refractivity contribution in [3.63, 3.8) is 0 Å². The van der Waals surface area contributed by atoms with Crippen LogP contribution in [0.5, 0.6) is 0 Å². The Labute approximate surface area is 191 Å². The number of hydrogen-bond acceptors (Lipinski definition) is 5. The number of hydrogen-bond donors (Lipinski definition) is 2. The molecule has 0 aliphatic carbocycles. The average molecular weight is 528 g/mol. The van der Waals surface area contributed by atoms with Gasteiger partial charge in [-0.2, -0.15) is 0 Å². The highest BCUT2D eigenvalue weighted by Gasteiger charge is 2.09. The SMILES string of the molecule is CCNC(=NCc1sc(-c2ccccc2)nc1C)NCCc1ncc(C)s1.I. The molecular weight excluding hydrogens is 501 g/mol. The number of thiazole rings is 2. The van der Waals surface area contributed by atoms with Crippen molar-refractivity contribution in [1.29, 1.82) is 0 Å². The molecule has 0 fully saturated rings. The van der Waals surface area contributed by atoms with Crippen LogP contribution in [0.3, 0.4) is 0 Å². The lowest BCUT2D eigenvalue weighted by molar-refractivity contribution is 0.797. The molecule has 2 aromatic heterocycles. The van der Waals surface area contributed by atoms with Gasteiger partial charge in [-0.15, -0.1) is 46.7 Å². The minimum absolute atomic E-state index is 0. The molecule has 0 unspecified atom stereocenters. The lowest BCUT2D eigenvalue weighted by Crippen LogP contribution is -2.38. The van der Waals surface area contributed by atoms with Crippen molar-refractivity contribution >= 4 is 52.6 Å². The van der Waals surface area contributed by atoms with Crippen LogP contribution in [-0.4, -0.2) is 29.0 Å². The molecule has 2 N–H and O–H groups in total. The molecule has 0 spiro atoms. The fourth-order valence-electron chi connectivity index (χ4n) is 2.58. The number of aliphatic imine (C=N–C) groups is 1. The summed E-state index contributed by atoms with van der Waals surface area (Å²) in [5.74, 6) is 0.833. The number of guanidine groups is 1. The summed E-state index contributed by atoms with van der Waals surface area (Å²) in [5, 5.41) is 8.91. The lowest BCUT2D eigenvalue weighted by Gasteiger charge is -2.10. The summed E-state index contributed by atoms with van der Waals surface area (Å²) >= 11 is 3.46. The summed E-state index contributed by atoms with van der Waals surface area (Å²) in [6, 6.07) is 10.3. The molecule has 0 atom stereocenters. The molecule has 0 aliphatic rings. The molecule has 0 saturated heterocycles. The Hall–Kier alpha value is -1.52. The average Bonchev–Trinajstić information content (AvgIpc) is 3.26. The first-order chi connectivity index (χ1) is 13.2. The van der Waals surface area contributed by atoms with Gasteiger partial charge in [0.2, 0.25) is 0 Å². The summed E-state index contributed by atoms with van der Waals surface area (Å²) in [7, 11) is 0. The zero-order valence-corrected chi connectivity index (χ0v) is 20.3. The number of benzene rings is 1. The van der Waals surface area contributed by atoms with Crippen molar-refractivity contribution in [1.82, 2.24) is 20.6 Å². The van der Waals surface area contributed by atoms with E-state index < -0.39 is 0 Å². The molecule has 0 aliphatic heterocycles. The van der Waals surface area contributed by atoms with E-state index in [-0.39, 0.29) is 24.0 Å². The van der Waals surface area contributed by atoms with E-state index in [0.29, 0.717) is 6.54 Å². The smallest absolute Gasteiger partial charge is 0.191 e. The lowest BCUT2D eigenvalue weighted by atomic mass is 10.2. The number of nitrogens with one attached hydrogen (secondary N) is 2. The highest BCUT2D eigenvalue weighted by Crippen LogP contribution is 2.28. The van der Waals surface area contributed by atoms with Crippen molar-refractivity contribution in [3.05, 3.63) is 57.0 Å². The Morgan fingerprint density at radius 1 is 1.11 bits per heavy atom. The van der Waals surface area contributed by atoms with Gasteiger partial charge in [0.15, 0.2) is 5.96 Å². The summed E-state index contributed by atoms with van der Waals surface area (Å²) in [5.41, 5.74) is 2.21. The molecule has 8 heteroatoms. The number of halogens is 1. The van der Waals surface area contributed by atoms with Crippen molar-refractivity contribution in [2.45, 2.75) is 33.7 Å². The predicted octanol–water partition coefficient (Wildman–Crippen LogP) is 4.80. The molecule has 28 heavy (non-hydrogen) atoms. The van der Waals surface area contributed by atoms with Crippen LogP contribution in [0.1, 0.15) is 27.4 Å². The molecule has 5 nitrogen and oxygen atoms in total.